The molecule has 3 atom stereocenters. The van der Waals surface area contributed by atoms with Crippen LogP contribution in [0.3, 0.4) is 0 Å². The van der Waals surface area contributed by atoms with Gasteiger partial charge in [0, 0.05) is 29.8 Å². The van der Waals surface area contributed by atoms with Crippen molar-refractivity contribution in [3.63, 3.8) is 0 Å². The van der Waals surface area contributed by atoms with E-state index >= 15 is 0 Å². The van der Waals surface area contributed by atoms with Crippen LogP contribution in [0.1, 0.15) is 116 Å². The highest BCUT2D eigenvalue weighted by Gasteiger charge is 2.21. The van der Waals surface area contributed by atoms with Crippen LogP contribution in [-0.4, -0.2) is 37.9 Å². The maximum Gasteiger partial charge on any atom is 0.178 e. The van der Waals surface area contributed by atoms with Crippen LogP contribution in [0.5, 0.6) is 0 Å². The molecule has 0 saturated carbocycles. The Balaban J connectivity index is 3.16. The van der Waals surface area contributed by atoms with Crippen LogP contribution < -0.4 is 5.11 Å². The van der Waals surface area contributed by atoms with Gasteiger partial charge in [-0.2, -0.15) is 0 Å². The summed E-state index contributed by atoms with van der Waals surface area (Å²) >= 11 is 0. The lowest BCUT2D eigenvalue weighted by Gasteiger charge is -2.19. The number of aliphatic hydroxyl groups excluding tert-OH is 3. The van der Waals surface area contributed by atoms with Crippen molar-refractivity contribution < 1.29 is 25.5 Å². The van der Waals surface area contributed by atoms with Gasteiger partial charge in [0.15, 0.2) is 6.29 Å². The molecular formula is C29H48NO5-. The molecule has 0 amide bonds. The zero-order chi connectivity index (χ0) is 26.4. The van der Waals surface area contributed by atoms with Gasteiger partial charge < -0.3 is 30.1 Å². The van der Waals surface area contributed by atoms with E-state index in [9.17, 15) is 25.5 Å². The molecule has 0 aliphatic heterocycles. The summed E-state index contributed by atoms with van der Waals surface area (Å²) in [7, 11) is 0. The topological polar surface area (TPSA) is 109 Å². The standard InChI is InChI=1S/C29H48NO5/c1-6-9-10-11-12-13-22(5)14-15-23(8-3)17-25(28(32)33)26-18-30(19-27(26)29(34)35)24(20-31)16-21(4)7-2/h7,14,17-19,23-24,28-29,31-34H,6,8-13,15-16,20H2,1-5H3/q-1/b21-7+,22-14+,25-17+. The molecule has 200 valence electrons. The minimum atomic E-state index is -2.02. The Kier molecular flexibility index (Phi) is 15.1. The Morgan fingerprint density at radius 2 is 1.71 bits per heavy atom. The van der Waals surface area contributed by atoms with Crippen LogP contribution in [-0.2, 0) is 0 Å². The fourth-order valence-electron chi connectivity index (χ4n) is 4.28. The molecule has 0 bridgehead atoms. The molecule has 0 saturated heterocycles. The second-order valence-electron chi connectivity index (χ2n) is 9.72. The summed E-state index contributed by atoms with van der Waals surface area (Å²) in [5.41, 5.74) is 3.03. The molecular weight excluding hydrogens is 442 g/mol. The van der Waals surface area contributed by atoms with Gasteiger partial charge in [0.2, 0.25) is 0 Å². The van der Waals surface area contributed by atoms with E-state index in [4.69, 9.17) is 0 Å². The number of aromatic nitrogens is 1. The van der Waals surface area contributed by atoms with Gasteiger partial charge in [-0.15, -0.1) is 0 Å². The van der Waals surface area contributed by atoms with Gasteiger partial charge in [-0.1, -0.05) is 68.9 Å². The second kappa shape index (κ2) is 16.9. The Labute approximate surface area is 212 Å². The van der Waals surface area contributed by atoms with E-state index in [1.54, 1.807) is 10.8 Å². The third kappa shape index (κ3) is 10.8. The molecule has 0 aliphatic rings. The zero-order valence-electron chi connectivity index (χ0n) is 22.4. The fourth-order valence-corrected chi connectivity index (χ4v) is 4.28. The number of aliphatic hydroxyl groups is 4. The first-order chi connectivity index (χ1) is 16.7. The minimum Gasteiger partial charge on any atom is -0.828 e. The molecule has 1 heterocycles. The normalized spacial score (nSPS) is 16.1. The number of rotatable bonds is 17. The first kappa shape index (κ1) is 31.3. The van der Waals surface area contributed by atoms with Crippen molar-refractivity contribution in [2.45, 2.75) is 111 Å². The summed E-state index contributed by atoms with van der Waals surface area (Å²) in [5, 5.41) is 52.3. The van der Waals surface area contributed by atoms with Gasteiger partial charge in [-0.05, 0) is 64.4 Å². The molecule has 3 unspecified atom stereocenters. The van der Waals surface area contributed by atoms with Crippen LogP contribution in [0.25, 0.3) is 5.57 Å². The van der Waals surface area contributed by atoms with E-state index in [-0.39, 0.29) is 29.7 Å². The fraction of sp³-hybridized carbons (Fsp3) is 0.655. The van der Waals surface area contributed by atoms with Crippen molar-refractivity contribution in [1.82, 2.24) is 4.57 Å². The van der Waals surface area contributed by atoms with Crippen molar-refractivity contribution in [3.8, 4) is 0 Å². The van der Waals surface area contributed by atoms with Crippen molar-refractivity contribution in [3.05, 3.63) is 52.9 Å². The van der Waals surface area contributed by atoms with Crippen molar-refractivity contribution in [2.24, 2.45) is 5.92 Å². The predicted molar refractivity (Wildman–Crippen MR) is 141 cm³/mol. The third-order valence-corrected chi connectivity index (χ3v) is 6.80. The highest BCUT2D eigenvalue weighted by molar-refractivity contribution is 5.70. The van der Waals surface area contributed by atoms with Gasteiger partial charge in [0.25, 0.3) is 0 Å². The molecule has 6 nitrogen and oxygen atoms in total. The van der Waals surface area contributed by atoms with E-state index in [1.807, 2.05) is 32.9 Å². The lowest BCUT2D eigenvalue weighted by atomic mass is 9.93. The van der Waals surface area contributed by atoms with E-state index in [1.165, 1.54) is 43.9 Å². The molecule has 4 N–H and O–H groups in total. The molecule has 0 fully saturated rings. The lowest BCUT2D eigenvalue weighted by molar-refractivity contribution is -0.490. The molecule has 0 spiro atoms. The SMILES string of the molecule is C/C=C(\C)CC(CO)n1cc(/C(=C\C(CC)C/C=C(\C)CCCCCCC)C(O)O)c(C([O-])O)c1. The van der Waals surface area contributed by atoms with Crippen LogP contribution >= 0.6 is 0 Å². The van der Waals surface area contributed by atoms with E-state index < -0.39 is 12.6 Å². The quantitative estimate of drug-likeness (QED) is 0.137. The van der Waals surface area contributed by atoms with Gasteiger partial charge in [0.1, 0.15) is 0 Å². The summed E-state index contributed by atoms with van der Waals surface area (Å²) in [6.45, 7) is 10.2. The summed E-state index contributed by atoms with van der Waals surface area (Å²) in [5.74, 6) is 0.0562. The van der Waals surface area contributed by atoms with Crippen molar-refractivity contribution in [2.75, 3.05) is 6.61 Å². The molecule has 0 aliphatic carbocycles. The zero-order valence-corrected chi connectivity index (χ0v) is 22.4. The van der Waals surface area contributed by atoms with E-state index in [0.717, 1.165) is 24.8 Å². The molecule has 0 aromatic carbocycles. The van der Waals surface area contributed by atoms with Gasteiger partial charge in [-0.3, -0.25) is 0 Å². The van der Waals surface area contributed by atoms with Gasteiger partial charge in [0.05, 0.1) is 12.6 Å². The number of unbranched alkanes of at least 4 members (excludes halogenated alkanes) is 4. The van der Waals surface area contributed by atoms with E-state index in [2.05, 4.69) is 19.9 Å². The molecule has 6 heteroatoms. The smallest absolute Gasteiger partial charge is 0.178 e. The second-order valence-corrected chi connectivity index (χ2v) is 9.72. The Hall–Kier alpha value is -1.70. The summed E-state index contributed by atoms with van der Waals surface area (Å²) in [4.78, 5) is 0. The average Bonchev–Trinajstić information content (AvgIpc) is 3.27. The van der Waals surface area contributed by atoms with Crippen LogP contribution in [0.15, 0.2) is 41.8 Å². The maximum atomic E-state index is 12.1. The number of nitrogens with zero attached hydrogens (tertiary/aromatic N) is 1. The Morgan fingerprint density at radius 1 is 1.03 bits per heavy atom. The largest absolute Gasteiger partial charge is 0.828 e. The number of hydrogen-bond donors (Lipinski definition) is 4. The van der Waals surface area contributed by atoms with Crippen molar-refractivity contribution >= 4 is 5.57 Å². The first-order valence-corrected chi connectivity index (χ1v) is 13.2. The summed E-state index contributed by atoms with van der Waals surface area (Å²) in [6.07, 6.45) is 14.8. The molecule has 0 radical (unpaired) electrons. The lowest BCUT2D eigenvalue weighted by Crippen LogP contribution is -2.17. The average molecular weight is 491 g/mol. The number of allylic oxidation sites excluding steroid dienone is 5. The molecule has 35 heavy (non-hydrogen) atoms. The van der Waals surface area contributed by atoms with Crippen LogP contribution in [0.4, 0.5) is 0 Å². The highest BCUT2D eigenvalue weighted by atomic mass is 16.5. The molecule has 1 rings (SSSR count). The predicted octanol–water partition coefficient (Wildman–Crippen LogP) is 5.15. The monoisotopic (exact) mass is 490 g/mol. The summed E-state index contributed by atoms with van der Waals surface area (Å²) in [6, 6.07) is -0.320. The van der Waals surface area contributed by atoms with Crippen molar-refractivity contribution in [1.29, 1.82) is 0 Å². The summed E-state index contributed by atoms with van der Waals surface area (Å²) < 4.78 is 1.69. The third-order valence-electron chi connectivity index (χ3n) is 6.80. The van der Waals surface area contributed by atoms with Gasteiger partial charge >= 0.3 is 0 Å². The molecule has 1 aromatic heterocycles. The van der Waals surface area contributed by atoms with Gasteiger partial charge in [-0.25, -0.2) is 0 Å². The first-order valence-electron chi connectivity index (χ1n) is 13.2. The number of hydrogen-bond acceptors (Lipinski definition) is 5. The highest BCUT2D eigenvalue weighted by Crippen LogP contribution is 2.31. The van der Waals surface area contributed by atoms with E-state index in [0.29, 0.717) is 12.0 Å². The molecule has 1 aromatic rings. The maximum absolute atomic E-state index is 12.1. The Morgan fingerprint density at radius 3 is 2.26 bits per heavy atom. The van der Waals surface area contributed by atoms with Crippen LogP contribution in [0, 0.1) is 5.92 Å². The minimum absolute atomic E-state index is 0.0562. The van der Waals surface area contributed by atoms with Crippen LogP contribution in [0.2, 0.25) is 0 Å². The Bertz CT molecular complexity index is 819.